The van der Waals surface area contributed by atoms with Crippen molar-refractivity contribution < 1.29 is 18.8 Å². The molecule has 3 rings (SSSR count). The number of rotatable bonds is 6. The average Bonchev–Trinajstić information content (AvgIpc) is 3.07. The Kier molecular flexibility index (Phi) is 5.30. The van der Waals surface area contributed by atoms with Gasteiger partial charge in [0.2, 0.25) is 5.82 Å². The molecule has 0 N–H and O–H groups in total. The summed E-state index contributed by atoms with van der Waals surface area (Å²) in [6.45, 7) is 1.61. The standard InChI is InChI=1S/C18H15ClN2O4/c1-12-5-2-3-8-15(12)18-20-16(25-21-18)10-24-17(22)11-23-14-7-4-6-13(19)9-14/h2-9H,10-11H2,1H3. The maximum Gasteiger partial charge on any atom is 0.344 e. The third-order valence-electron chi connectivity index (χ3n) is 3.36. The molecule has 7 heteroatoms. The van der Waals surface area contributed by atoms with Gasteiger partial charge in [-0.15, -0.1) is 0 Å². The number of carbonyl (C=O) groups is 1. The van der Waals surface area contributed by atoms with Crippen molar-refractivity contribution in [2.45, 2.75) is 13.5 Å². The molecule has 1 heterocycles. The Morgan fingerprint density at radius 2 is 2.04 bits per heavy atom. The number of hydrogen-bond donors (Lipinski definition) is 0. The van der Waals surface area contributed by atoms with Crippen LogP contribution in [-0.2, 0) is 16.1 Å². The Morgan fingerprint density at radius 3 is 2.84 bits per heavy atom. The highest BCUT2D eigenvalue weighted by molar-refractivity contribution is 6.30. The molecule has 1 aromatic heterocycles. The Morgan fingerprint density at radius 1 is 1.20 bits per heavy atom. The van der Waals surface area contributed by atoms with E-state index in [-0.39, 0.29) is 19.1 Å². The van der Waals surface area contributed by atoms with Gasteiger partial charge in [0.25, 0.3) is 5.89 Å². The predicted octanol–water partition coefficient (Wildman–Crippen LogP) is 3.82. The van der Waals surface area contributed by atoms with Crippen molar-refractivity contribution in [2.24, 2.45) is 0 Å². The summed E-state index contributed by atoms with van der Waals surface area (Å²) in [5, 5.41) is 4.43. The molecule has 0 aliphatic carbocycles. The van der Waals surface area contributed by atoms with E-state index in [0.717, 1.165) is 11.1 Å². The normalized spacial score (nSPS) is 10.5. The van der Waals surface area contributed by atoms with E-state index in [1.807, 2.05) is 31.2 Å². The van der Waals surface area contributed by atoms with E-state index in [1.54, 1.807) is 24.3 Å². The summed E-state index contributed by atoms with van der Waals surface area (Å²) in [5.41, 5.74) is 1.90. The van der Waals surface area contributed by atoms with Gasteiger partial charge in [0.1, 0.15) is 5.75 Å². The van der Waals surface area contributed by atoms with Gasteiger partial charge in [0, 0.05) is 10.6 Å². The zero-order chi connectivity index (χ0) is 17.6. The molecular formula is C18H15ClN2O4. The molecule has 0 radical (unpaired) electrons. The molecular weight excluding hydrogens is 344 g/mol. The van der Waals surface area contributed by atoms with Gasteiger partial charge >= 0.3 is 5.97 Å². The lowest BCUT2D eigenvalue weighted by Crippen LogP contribution is -2.14. The average molecular weight is 359 g/mol. The van der Waals surface area contributed by atoms with Gasteiger partial charge in [0.15, 0.2) is 13.2 Å². The minimum Gasteiger partial charge on any atom is -0.482 e. The minimum absolute atomic E-state index is 0.114. The van der Waals surface area contributed by atoms with Crippen LogP contribution in [0.2, 0.25) is 5.02 Å². The molecule has 0 spiro atoms. The van der Waals surface area contributed by atoms with Crippen LogP contribution in [0.4, 0.5) is 0 Å². The van der Waals surface area contributed by atoms with Crippen molar-refractivity contribution in [3.63, 3.8) is 0 Å². The summed E-state index contributed by atoms with van der Waals surface area (Å²) in [6, 6.07) is 14.4. The van der Waals surface area contributed by atoms with Gasteiger partial charge in [-0.3, -0.25) is 0 Å². The summed E-state index contributed by atoms with van der Waals surface area (Å²) >= 11 is 5.84. The zero-order valence-electron chi connectivity index (χ0n) is 13.4. The number of esters is 1. The highest BCUT2D eigenvalue weighted by Crippen LogP contribution is 2.20. The number of ether oxygens (including phenoxy) is 2. The third kappa shape index (κ3) is 4.58. The van der Waals surface area contributed by atoms with Crippen LogP contribution >= 0.6 is 11.6 Å². The smallest absolute Gasteiger partial charge is 0.344 e. The molecule has 0 amide bonds. The quantitative estimate of drug-likeness (QED) is 0.623. The molecule has 25 heavy (non-hydrogen) atoms. The lowest BCUT2D eigenvalue weighted by Gasteiger charge is -2.05. The number of benzene rings is 2. The molecule has 0 aliphatic heterocycles. The summed E-state index contributed by atoms with van der Waals surface area (Å²) in [6.07, 6.45) is 0. The van der Waals surface area contributed by atoms with Crippen molar-refractivity contribution in [1.29, 1.82) is 0 Å². The Labute approximate surface area is 149 Å². The first-order chi connectivity index (χ1) is 12.1. The van der Waals surface area contributed by atoms with E-state index < -0.39 is 5.97 Å². The lowest BCUT2D eigenvalue weighted by molar-refractivity contribution is -0.148. The number of hydrogen-bond acceptors (Lipinski definition) is 6. The summed E-state index contributed by atoms with van der Waals surface area (Å²) < 4.78 is 15.5. The van der Waals surface area contributed by atoms with Gasteiger partial charge in [0.05, 0.1) is 0 Å². The summed E-state index contributed by atoms with van der Waals surface area (Å²) in [5.74, 6) is 0.619. The second-order valence-electron chi connectivity index (χ2n) is 5.23. The Bertz CT molecular complexity index is 879. The first-order valence-electron chi connectivity index (χ1n) is 7.54. The van der Waals surface area contributed by atoms with E-state index in [9.17, 15) is 4.79 Å². The maximum atomic E-state index is 11.7. The Balaban J connectivity index is 1.52. The molecule has 128 valence electrons. The van der Waals surface area contributed by atoms with Crippen molar-refractivity contribution >= 4 is 17.6 Å². The van der Waals surface area contributed by atoms with Gasteiger partial charge in [-0.1, -0.05) is 47.1 Å². The molecule has 0 unspecified atom stereocenters. The molecule has 0 bridgehead atoms. The van der Waals surface area contributed by atoms with Crippen LogP contribution in [0.1, 0.15) is 11.5 Å². The van der Waals surface area contributed by atoms with Crippen molar-refractivity contribution in [3.8, 4) is 17.1 Å². The highest BCUT2D eigenvalue weighted by atomic mass is 35.5. The van der Waals surface area contributed by atoms with Gasteiger partial charge in [-0.25, -0.2) is 4.79 Å². The summed E-state index contributed by atoms with van der Waals surface area (Å²) in [4.78, 5) is 16.0. The van der Waals surface area contributed by atoms with E-state index in [1.165, 1.54) is 0 Å². The van der Waals surface area contributed by atoms with Crippen LogP contribution in [0.15, 0.2) is 53.1 Å². The second-order valence-corrected chi connectivity index (χ2v) is 5.67. The largest absolute Gasteiger partial charge is 0.482 e. The number of aromatic nitrogens is 2. The fourth-order valence-electron chi connectivity index (χ4n) is 2.13. The van der Waals surface area contributed by atoms with E-state index in [4.69, 9.17) is 25.6 Å². The predicted molar refractivity (Wildman–Crippen MR) is 91.2 cm³/mol. The fraction of sp³-hybridized carbons (Fsp3) is 0.167. The molecule has 3 aromatic rings. The van der Waals surface area contributed by atoms with Crippen LogP contribution in [0.5, 0.6) is 5.75 Å². The van der Waals surface area contributed by atoms with E-state index in [0.29, 0.717) is 16.6 Å². The lowest BCUT2D eigenvalue weighted by atomic mass is 10.1. The van der Waals surface area contributed by atoms with Crippen LogP contribution in [-0.4, -0.2) is 22.7 Å². The van der Waals surface area contributed by atoms with Crippen LogP contribution in [0, 0.1) is 6.92 Å². The van der Waals surface area contributed by atoms with Gasteiger partial charge in [-0.2, -0.15) is 4.98 Å². The first-order valence-corrected chi connectivity index (χ1v) is 7.92. The molecule has 0 saturated heterocycles. The number of carbonyl (C=O) groups excluding carboxylic acids is 1. The zero-order valence-corrected chi connectivity index (χ0v) is 14.2. The van der Waals surface area contributed by atoms with Gasteiger partial charge < -0.3 is 14.0 Å². The molecule has 0 atom stereocenters. The molecule has 6 nitrogen and oxygen atoms in total. The minimum atomic E-state index is -0.546. The highest BCUT2D eigenvalue weighted by Gasteiger charge is 2.12. The van der Waals surface area contributed by atoms with E-state index in [2.05, 4.69) is 10.1 Å². The first kappa shape index (κ1) is 17.0. The van der Waals surface area contributed by atoms with Crippen molar-refractivity contribution in [1.82, 2.24) is 10.1 Å². The van der Waals surface area contributed by atoms with Crippen LogP contribution < -0.4 is 4.74 Å². The summed E-state index contributed by atoms with van der Waals surface area (Å²) in [7, 11) is 0. The van der Waals surface area contributed by atoms with Crippen LogP contribution in [0.25, 0.3) is 11.4 Å². The molecule has 0 aliphatic rings. The van der Waals surface area contributed by atoms with Gasteiger partial charge in [-0.05, 0) is 30.7 Å². The molecule has 0 saturated carbocycles. The molecule has 0 fully saturated rings. The Hall–Kier alpha value is -2.86. The third-order valence-corrected chi connectivity index (χ3v) is 3.60. The fourth-order valence-corrected chi connectivity index (χ4v) is 2.31. The number of halogens is 1. The van der Waals surface area contributed by atoms with Crippen LogP contribution in [0.3, 0.4) is 0 Å². The van der Waals surface area contributed by atoms with Crippen molar-refractivity contribution in [2.75, 3.05) is 6.61 Å². The monoisotopic (exact) mass is 358 g/mol. The number of nitrogens with zero attached hydrogens (tertiary/aromatic N) is 2. The number of aryl methyl sites for hydroxylation is 1. The second kappa shape index (κ2) is 7.81. The van der Waals surface area contributed by atoms with Crippen molar-refractivity contribution in [3.05, 3.63) is 65.0 Å². The SMILES string of the molecule is Cc1ccccc1-c1noc(COC(=O)COc2cccc(Cl)c2)n1. The van der Waals surface area contributed by atoms with E-state index >= 15 is 0 Å². The molecule has 2 aromatic carbocycles. The topological polar surface area (TPSA) is 74.5 Å². The maximum absolute atomic E-state index is 11.7.